The molecule has 26 nitrogen and oxygen atoms in total. The van der Waals surface area contributed by atoms with Gasteiger partial charge in [0.25, 0.3) is 29.5 Å². The summed E-state index contributed by atoms with van der Waals surface area (Å²) in [6.07, 6.45) is 6.04. The molecule has 5 saturated heterocycles. The van der Waals surface area contributed by atoms with E-state index in [9.17, 15) is 65.5 Å². The summed E-state index contributed by atoms with van der Waals surface area (Å²) in [5, 5.41) is 21.3. The standard InChI is InChI=1S/2C22H26ClN3O2.C22H26FN3O3.C22H26FN3O2.C21H23F2N3O2/c1-25-12-14-26(15-13-25)11-5-10-21(27)19-8-2-3-9-20(19)24-22(28)17-6-4-7-18(23)16-17;1-25-13-15-26(16-14-25)12-4-7-21(27)19-5-2-3-6-20(19)24-22(28)17-8-10-18(23)11-9-17;1-29-16-8-9-17(19(23)15-16)22(28)25-20-6-3-2-5-18(20)21(27)7-4-12-26-13-10-24-11-14-26;1-25-12-14-26(15-13-25)11-5-10-21(27)19-8-2-3-9-20(19)24-22(28)17-6-4-7-18(23)16-17;22-15-7-8-16(18(23)14-15)21(28)25-19-5-2-1-4-17(19)20(27)6-3-11-26-12-9-24-10-13-26/h2-4,6-9,16H,5,10-15H2,1H3,(H,24,28);2-3,5-6,8-11H,4,7,12-16H2,1H3,(H,24,28);2-3,5-6,8-9,15,24H,4,7,10-14H2,1H3,(H,25,28);2-4,6-9,16H,5,10-15H2,1H3,(H,24,28);1-2,4-5,7-8,14,24H,3,6,9-13H2,(H,25,28). The molecular weight excluding hydrogens is 1840 g/mol. The van der Waals surface area contributed by atoms with Crippen LogP contribution in [0, 0.1) is 23.3 Å². The number of likely N-dealkylation sites (N-methyl/N-ethyl adjacent to an activating group) is 3. The van der Waals surface area contributed by atoms with E-state index < -0.39 is 41.0 Å². The molecule has 0 saturated carbocycles. The molecule has 141 heavy (non-hydrogen) atoms. The minimum absolute atomic E-state index is 0.00395. The number of rotatable bonds is 36. The molecule has 0 unspecified atom stereocenters. The van der Waals surface area contributed by atoms with Gasteiger partial charge in [-0.25, -0.2) is 17.6 Å². The molecule has 7 N–H and O–H groups in total. The van der Waals surface area contributed by atoms with Crippen LogP contribution < -0.4 is 42.0 Å². The first-order valence-electron chi connectivity index (χ1n) is 48.0. The first-order chi connectivity index (χ1) is 68.2. The Kier molecular flexibility index (Phi) is 44.4. The number of carbonyl (C=O) groups is 10. The van der Waals surface area contributed by atoms with Crippen LogP contribution in [0.1, 0.15) is 168 Å². The maximum atomic E-state index is 14.2. The molecule has 32 heteroatoms. The van der Waals surface area contributed by atoms with Crippen molar-refractivity contribution in [3.63, 3.8) is 0 Å². The molecule has 5 aliphatic heterocycles. The Morgan fingerprint density at radius 1 is 0.284 bits per heavy atom. The fourth-order valence-corrected chi connectivity index (χ4v) is 16.9. The fourth-order valence-electron chi connectivity index (χ4n) is 16.6. The van der Waals surface area contributed by atoms with E-state index in [0.717, 1.165) is 214 Å². The van der Waals surface area contributed by atoms with E-state index in [4.69, 9.17) is 27.9 Å². The smallest absolute Gasteiger partial charge is 0.258 e. The van der Waals surface area contributed by atoms with Crippen molar-refractivity contribution in [2.24, 2.45) is 0 Å². The number of halogens is 6. The molecule has 5 heterocycles. The van der Waals surface area contributed by atoms with Crippen molar-refractivity contribution in [1.29, 1.82) is 0 Å². The van der Waals surface area contributed by atoms with Gasteiger partial charge in [0.15, 0.2) is 28.9 Å². The number of ketones is 5. The van der Waals surface area contributed by atoms with Gasteiger partial charge < -0.3 is 81.2 Å². The van der Waals surface area contributed by atoms with Gasteiger partial charge in [-0.2, -0.15) is 0 Å². The minimum Gasteiger partial charge on any atom is -0.497 e. The largest absolute Gasteiger partial charge is 0.497 e. The quantitative estimate of drug-likeness (QED) is 0.0142. The number of nitrogens with one attached hydrogen (secondary N) is 7. The number of nitrogens with zero attached hydrogens (tertiary/aromatic N) is 8. The maximum absolute atomic E-state index is 14.2. The zero-order chi connectivity index (χ0) is 100. The predicted octanol–water partition coefficient (Wildman–Crippen LogP) is 16.9. The molecule has 5 aliphatic rings. The summed E-state index contributed by atoms with van der Waals surface area (Å²) in [6, 6.07) is 60.5. The average Bonchev–Trinajstić information content (AvgIpc) is 0.830. The van der Waals surface area contributed by atoms with Crippen molar-refractivity contribution in [1.82, 2.24) is 49.8 Å². The summed E-state index contributed by atoms with van der Waals surface area (Å²) in [5.41, 5.74) is 5.49. The second-order valence-electron chi connectivity index (χ2n) is 35.2. The summed E-state index contributed by atoms with van der Waals surface area (Å²) in [6.45, 7) is 25.0. The van der Waals surface area contributed by atoms with Crippen LogP contribution in [0.3, 0.4) is 0 Å². The summed E-state index contributed by atoms with van der Waals surface area (Å²) >= 11 is 11.8. The van der Waals surface area contributed by atoms with Crippen LogP contribution in [0.4, 0.5) is 46.0 Å². The van der Waals surface area contributed by atoms with Crippen molar-refractivity contribution >= 4 is 110 Å². The minimum atomic E-state index is -0.947. The van der Waals surface area contributed by atoms with E-state index >= 15 is 0 Å². The van der Waals surface area contributed by atoms with Gasteiger partial charge in [-0.05, 0) is 232 Å². The number of Topliss-reactive ketones (excluding diaryl/α,β-unsaturated/α-hetero) is 5. The second-order valence-corrected chi connectivity index (χ2v) is 36.1. The molecule has 0 aromatic heterocycles. The van der Waals surface area contributed by atoms with Gasteiger partial charge in [0.05, 0.1) is 46.7 Å². The summed E-state index contributed by atoms with van der Waals surface area (Å²) in [5.74, 6) is -4.82. The Hall–Kier alpha value is -12.4. The Labute approximate surface area is 833 Å². The van der Waals surface area contributed by atoms with Crippen LogP contribution in [0.2, 0.25) is 10.0 Å². The van der Waals surface area contributed by atoms with E-state index in [-0.39, 0.29) is 57.4 Å². The Bertz CT molecular complexity index is 5690. The first-order valence-corrected chi connectivity index (χ1v) is 48.8. The van der Waals surface area contributed by atoms with Crippen LogP contribution in [-0.4, -0.2) is 290 Å². The third kappa shape index (κ3) is 36.0. The number of ether oxygens (including phenoxy) is 1. The Balaban J connectivity index is 0.000000168. The van der Waals surface area contributed by atoms with E-state index in [0.29, 0.717) is 121 Å². The molecule has 15 rings (SSSR count). The number of amides is 5. The Morgan fingerprint density at radius 3 is 0.894 bits per heavy atom. The van der Waals surface area contributed by atoms with Crippen LogP contribution in [0.5, 0.6) is 5.75 Å². The number of methoxy groups -OCH3 is 1. The molecule has 5 fully saturated rings. The molecule has 10 aromatic carbocycles. The highest BCUT2D eigenvalue weighted by atomic mass is 35.5. The normalized spacial score (nSPS) is 15.0. The number of benzene rings is 10. The maximum Gasteiger partial charge on any atom is 0.258 e. The van der Waals surface area contributed by atoms with E-state index in [1.165, 1.54) is 37.4 Å². The molecule has 10 aromatic rings. The fraction of sp³-hybridized carbons (Fsp3) is 0.358. The van der Waals surface area contributed by atoms with Gasteiger partial charge in [-0.15, -0.1) is 0 Å². The summed E-state index contributed by atoms with van der Waals surface area (Å²) in [7, 11) is 7.82. The lowest BCUT2D eigenvalue weighted by atomic mass is 10.0. The molecule has 0 radical (unpaired) electrons. The highest BCUT2D eigenvalue weighted by Gasteiger charge is 2.26. The van der Waals surface area contributed by atoms with E-state index in [1.807, 2.05) is 24.3 Å². The van der Waals surface area contributed by atoms with Gasteiger partial charge in [-0.1, -0.05) is 96.0 Å². The third-order valence-corrected chi connectivity index (χ3v) is 25.3. The van der Waals surface area contributed by atoms with Gasteiger partial charge in [0.2, 0.25) is 0 Å². The van der Waals surface area contributed by atoms with Crippen molar-refractivity contribution in [2.45, 2.75) is 64.2 Å². The van der Waals surface area contributed by atoms with Crippen molar-refractivity contribution < 1.29 is 70.2 Å². The monoisotopic (exact) mass is 1970 g/mol. The Morgan fingerprint density at radius 2 is 0.574 bits per heavy atom. The number of anilines is 5. The van der Waals surface area contributed by atoms with Gasteiger partial charge in [-0.3, -0.25) is 47.9 Å². The molecular formula is C109H127Cl2F4N15O11. The van der Waals surface area contributed by atoms with Gasteiger partial charge in [0, 0.05) is 230 Å². The molecule has 746 valence electrons. The zero-order valence-corrected chi connectivity index (χ0v) is 82.0. The number of hydrogen-bond donors (Lipinski definition) is 7. The van der Waals surface area contributed by atoms with E-state index in [2.05, 4.69) is 97.6 Å². The number of hydrogen-bond acceptors (Lipinski definition) is 21. The van der Waals surface area contributed by atoms with E-state index in [1.54, 1.807) is 152 Å². The van der Waals surface area contributed by atoms with Crippen molar-refractivity contribution in [3.8, 4) is 5.75 Å². The van der Waals surface area contributed by atoms with Crippen LogP contribution >= 0.6 is 23.2 Å². The zero-order valence-electron chi connectivity index (χ0n) is 80.5. The van der Waals surface area contributed by atoms with Crippen LogP contribution in [0.25, 0.3) is 0 Å². The lowest BCUT2D eigenvalue weighted by molar-refractivity contribution is 0.0959. The average molecular weight is 1970 g/mol. The van der Waals surface area contributed by atoms with Gasteiger partial charge in [0.1, 0.15) is 29.0 Å². The molecule has 0 spiro atoms. The lowest BCUT2D eigenvalue weighted by Crippen LogP contribution is -2.44. The highest BCUT2D eigenvalue weighted by Crippen LogP contribution is 2.28. The number of carbonyl (C=O) groups excluding carboxylic acids is 10. The summed E-state index contributed by atoms with van der Waals surface area (Å²) in [4.78, 5) is 144. The number of piperazine rings is 5. The summed E-state index contributed by atoms with van der Waals surface area (Å²) < 4.78 is 59.3. The van der Waals surface area contributed by atoms with Crippen molar-refractivity contribution in [2.75, 3.05) is 218 Å². The molecule has 0 bridgehead atoms. The van der Waals surface area contributed by atoms with Crippen molar-refractivity contribution in [3.05, 3.63) is 319 Å². The van der Waals surface area contributed by atoms with Crippen LogP contribution in [0.15, 0.2) is 231 Å². The molecule has 0 atom stereocenters. The topological polar surface area (TPSA) is 290 Å². The number of para-hydroxylation sites is 5. The van der Waals surface area contributed by atoms with Gasteiger partial charge >= 0.3 is 0 Å². The highest BCUT2D eigenvalue weighted by molar-refractivity contribution is 6.31. The predicted molar refractivity (Wildman–Crippen MR) is 549 cm³/mol. The third-order valence-electron chi connectivity index (χ3n) is 24.9. The van der Waals surface area contributed by atoms with Crippen LogP contribution in [-0.2, 0) is 0 Å². The SMILES string of the molecule is CN1CCN(CCCC(=O)c2ccccc2NC(=O)c2ccc(Cl)cc2)CC1.CN1CCN(CCCC(=O)c2ccccc2NC(=O)c2cccc(Cl)c2)CC1.CN1CCN(CCCC(=O)c2ccccc2NC(=O)c2cccc(F)c2)CC1.COc1ccc(C(=O)Nc2ccccc2C(=O)CCCN2CCNCC2)c(F)c1.O=C(Nc1ccccc1C(=O)CCCN1CCNCC1)c1ccc(F)cc1F. The molecule has 5 amide bonds. The molecule has 0 aliphatic carbocycles. The second kappa shape index (κ2) is 57.5. The first kappa shape index (κ1) is 109. The lowest BCUT2D eigenvalue weighted by Gasteiger charge is -2.32.